The van der Waals surface area contributed by atoms with Gasteiger partial charge in [0.05, 0.1) is 0 Å². The van der Waals surface area contributed by atoms with Gasteiger partial charge in [0.1, 0.15) is 5.60 Å². The number of nitrogens with one attached hydrogen (secondary N) is 1. The molecule has 0 unspecified atom stereocenters. The molecule has 0 aromatic rings. The van der Waals surface area contributed by atoms with E-state index < -0.39 is 0 Å². The molecule has 20 heavy (non-hydrogen) atoms. The van der Waals surface area contributed by atoms with Crippen molar-refractivity contribution in [1.29, 1.82) is 0 Å². The predicted molar refractivity (Wildman–Crippen MR) is 86.1 cm³/mol. The Morgan fingerprint density at radius 2 is 1.65 bits per heavy atom. The monoisotopic (exact) mass is 285 g/mol. The second-order valence-corrected chi connectivity index (χ2v) is 6.18. The third-order valence-electron chi connectivity index (χ3n) is 4.52. The van der Waals surface area contributed by atoms with Crippen molar-refractivity contribution >= 4 is 6.09 Å². The molecular weight excluding hydrogens is 250 g/mol. The average molecular weight is 285 g/mol. The molecule has 0 aromatic heterocycles. The maximum Gasteiger partial charge on any atom is 0.407 e. The van der Waals surface area contributed by atoms with E-state index in [9.17, 15) is 4.79 Å². The zero-order chi connectivity index (χ0) is 14.7. The standard InChI is InChI=1S/C17H33NO2.H2/c1-3-5-6-7-8-9-12-15-18-16(19)20-17(4-2)13-10-11-14-17;/h3-15H2,1-2H3,(H,18,19);1H. The normalized spacial score (nSPS) is 17.1. The molecule has 0 radical (unpaired) electrons. The summed E-state index contributed by atoms with van der Waals surface area (Å²) in [6.07, 6.45) is 14.1. The van der Waals surface area contributed by atoms with Crippen LogP contribution >= 0.6 is 0 Å². The summed E-state index contributed by atoms with van der Waals surface area (Å²) in [6.45, 7) is 5.12. The molecule has 0 atom stereocenters. The van der Waals surface area contributed by atoms with Crippen molar-refractivity contribution in [3.8, 4) is 0 Å². The first-order valence-corrected chi connectivity index (χ1v) is 8.69. The minimum atomic E-state index is -0.209. The van der Waals surface area contributed by atoms with E-state index in [0.717, 1.165) is 32.2 Å². The molecule has 0 spiro atoms. The SMILES string of the molecule is CCCCCCCCCNC(=O)OC1(CC)CCCC1.[HH]. The summed E-state index contributed by atoms with van der Waals surface area (Å²) in [7, 11) is 0. The van der Waals surface area contributed by atoms with Crippen LogP contribution in [0.15, 0.2) is 0 Å². The van der Waals surface area contributed by atoms with E-state index in [1.54, 1.807) is 0 Å². The third-order valence-corrected chi connectivity index (χ3v) is 4.52. The fourth-order valence-electron chi connectivity index (χ4n) is 3.05. The van der Waals surface area contributed by atoms with E-state index in [0.29, 0.717) is 0 Å². The second-order valence-electron chi connectivity index (χ2n) is 6.18. The maximum atomic E-state index is 11.8. The van der Waals surface area contributed by atoms with E-state index in [2.05, 4.69) is 19.2 Å². The van der Waals surface area contributed by atoms with Crippen molar-refractivity contribution in [2.45, 2.75) is 96.5 Å². The minimum absolute atomic E-state index is 0. The highest BCUT2D eigenvalue weighted by molar-refractivity contribution is 5.67. The molecule has 0 aliphatic heterocycles. The zero-order valence-electron chi connectivity index (χ0n) is 13.5. The Kier molecular flexibility index (Phi) is 8.72. The molecule has 0 saturated heterocycles. The van der Waals surface area contributed by atoms with Crippen LogP contribution in [0.3, 0.4) is 0 Å². The first kappa shape index (κ1) is 17.3. The number of alkyl carbamates (subject to hydrolysis) is 1. The lowest BCUT2D eigenvalue weighted by atomic mass is 9.99. The van der Waals surface area contributed by atoms with Crippen LogP contribution in [0, 0.1) is 0 Å². The summed E-state index contributed by atoms with van der Waals surface area (Å²) in [6, 6.07) is 0. The molecule has 1 fully saturated rings. The molecule has 0 aromatic carbocycles. The van der Waals surface area contributed by atoms with Crippen LogP contribution in [0.2, 0.25) is 0 Å². The summed E-state index contributed by atoms with van der Waals surface area (Å²) in [5.74, 6) is 0. The van der Waals surface area contributed by atoms with Gasteiger partial charge in [-0.3, -0.25) is 0 Å². The fourth-order valence-corrected chi connectivity index (χ4v) is 3.05. The third kappa shape index (κ3) is 6.62. The summed E-state index contributed by atoms with van der Waals surface area (Å²) < 4.78 is 5.66. The van der Waals surface area contributed by atoms with Gasteiger partial charge in [-0.05, 0) is 38.5 Å². The van der Waals surface area contributed by atoms with Crippen LogP contribution in [0.5, 0.6) is 0 Å². The van der Waals surface area contributed by atoms with Crippen LogP contribution in [0.25, 0.3) is 0 Å². The number of hydrogen-bond acceptors (Lipinski definition) is 2. The van der Waals surface area contributed by atoms with Gasteiger partial charge in [0.15, 0.2) is 0 Å². The van der Waals surface area contributed by atoms with Gasteiger partial charge in [-0.15, -0.1) is 0 Å². The number of unbranched alkanes of at least 4 members (excludes halogenated alkanes) is 6. The average Bonchev–Trinajstić information content (AvgIpc) is 2.91. The minimum Gasteiger partial charge on any atom is -0.443 e. The summed E-state index contributed by atoms with van der Waals surface area (Å²) in [4.78, 5) is 11.8. The van der Waals surface area contributed by atoms with Gasteiger partial charge >= 0.3 is 6.09 Å². The Labute approximate surface area is 126 Å². The molecule has 1 aliphatic carbocycles. The van der Waals surface area contributed by atoms with Crippen molar-refractivity contribution in [3.05, 3.63) is 0 Å². The zero-order valence-corrected chi connectivity index (χ0v) is 13.5. The molecule has 0 bridgehead atoms. The molecule has 3 nitrogen and oxygen atoms in total. The van der Waals surface area contributed by atoms with Gasteiger partial charge in [0, 0.05) is 7.97 Å². The van der Waals surface area contributed by atoms with Crippen LogP contribution in [-0.4, -0.2) is 18.2 Å². The number of carbonyl (C=O) groups is 1. The highest BCUT2D eigenvalue weighted by atomic mass is 16.6. The molecular formula is C17H35NO2. The van der Waals surface area contributed by atoms with Gasteiger partial charge in [-0.2, -0.15) is 0 Å². The molecule has 120 valence electrons. The summed E-state index contributed by atoms with van der Waals surface area (Å²) in [5.41, 5.74) is -0.162. The molecule has 1 saturated carbocycles. The summed E-state index contributed by atoms with van der Waals surface area (Å²) >= 11 is 0. The molecule has 3 heteroatoms. The highest BCUT2D eigenvalue weighted by Gasteiger charge is 2.35. The highest BCUT2D eigenvalue weighted by Crippen LogP contribution is 2.35. The summed E-state index contributed by atoms with van der Waals surface area (Å²) in [5, 5.41) is 2.91. The van der Waals surface area contributed by atoms with Crippen LogP contribution in [0.1, 0.15) is 92.3 Å². The number of ether oxygens (including phenoxy) is 1. The largest absolute Gasteiger partial charge is 0.443 e. The molecule has 1 N–H and O–H groups in total. The van der Waals surface area contributed by atoms with E-state index in [-0.39, 0.29) is 13.1 Å². The van der Waals surface area contributed by atoms with Crippen molar-refractivity contribution < 1.29 is 11.0 Å². The Bertz CT molecular complexity index is 266. The van der Waals surface area contributed by atoms with Crippen LogP contribution < -0.4 is 5.32 Å². The van der Waals surface area contributed by atoms with E-state index in [1.165, 1.54) is 51.4 Å². The van der Waals surface area contributed by atoms with Gasteiger partial charge in [-0.25, -0.2) is 4.79 Å². The Hall–Kier alpha value is -0.730. The first-order valence-electron chi connectivity index (χ1n) is 8.69. The second kappa shape index (κ2) is 10.1. The molecule has 1 aliphatic rings. The molecule has 1 rings (SSSR count). The van der Waals surface area contributed by atoms with Crippen molar-refractivity contribution in [3.63, 3.8) is 0 Å². The van der Waals surface area contributed by atoms with E-state index >= 15 is 0 Å². The Balaban J connectivity index is 0.00000400. The Morgan fingerprint density at radius 3 is 2.25 bits per heavy atom. The predicted octanol–water partition coefficient (Wildman–Crippen LogP) is 5.43. The van der Waals surface area contributed by atoms with E-state index in [1.807, 2.05) is 0 Å². The quantitative estimate of drug-likeness (QED) is 0.543. The van der Waals surface area contributed by atoms with Gasteiger partial charge in [0.25, 0.3) is 0 Å². The lowest BCUT2D eigenvalue weighted by molar-refractivity contribution is 0.0131. The topological polar surface area (TPSA) is 38.3 Å². The number of carbonyl (C=O) groups excluding carboxylic acids is 1. The maximum absolute atomic E-state index is 11.8. The first-order chi connectivity index (χ1) is 9.72. The smallest absolute Gasteiger partial charge is 0.407 e. The van der Waals surface area contributed by atoms with Crippen molar-refractivity contribution in [1.82, 2.24) is 5.32 Å². The van der Waals surface area contributed by atoms with Crippen LogP contribution in [0.4, 0.5) is 4.79 Å². The van der Waals surface area contributed by atoms with E-state index in [4.69, 9.17) is 4.74 Å². The Morgan fingerprint density at radius 1 is 1.05 bits per heavy atom. The number of rotatable bonds is 10. The number of amides is 1. The van der Waals surface area contributed by atoms with Crippen molar-refractivity contribution in [2.24, 2.45) is 0 Å². The molecule has 1 amide bonds. The fraction of sp³-hybridized carbons (Fsp3) is 0.941. The lowest BCUT2D eigenvalue weighted by Gasteiger charge is -2.27. The molecule has 0 heterocycles. The van der Waals surface area contributed by atoms with Gasteiger partial charge in [-0.1, -0.05) is 52.4 Å². The van der Waals surface area contributed by atoms with Crippen LogP contribution in [-0.2, 0) is 4.74 Å². The lowest BCUT2D eigenvalue weighted by Crippen LogP contribution is -2.37. The van der Waals surface area contributed by atoms with Crippen molar-refractivity contribution in [2.75, 3.05) is 6.54 Å². The van der Waals surface area contributed by atoms with Gasteiger partial charge in [0.2, 0.25) is 0 Å². The number of hydrogen-bond donors (Lipinski definition) is 1. The van der Waals surface area contributed by atoms with Gasteiger partial charge < -0.3 is 10.1 Å².